The highest BCUT2D eigenvalue weighted by Crippen LogP contribution is 2.28. The number of rotatable bonds is 10. The van der Waals surface area contributed by atoms with Crippen molar-refractivity contribution in [2.75, 3.05) is 19.8 Å². The van der Waals surface area contributed by atoms with Crippen molar-refractivity contribution in [2.24, 2.45) is 11.7 Å². The molecule has 1 aliphatic rings. The molecule has 1 fully saturated rings. The average Bonchev–Trinajstić information content (AvgIpc) is 3.07. The number of carbonyl (C=O) groups is 1. The largest absolute Gasteiger partial charge is 0.381 e. The Kier molecular flexibility index (Phi) is 5.92. The van der Waals surface area contributed by atoms with Gasteiger partial charge in [-0.05, 0) is 51.5 Å². The molecule has 17 heavy (non-hydrogen) atoms. The van der Waals surface area contributed by atoms with Gasteiger partial charge in [-0.15, -0.1) is 0 Å². The first-order valence-corrected chi connectivity index (χ1v) is 6.71. The van der Waals surface area contributed by atoms with E-state index in [4.69, 9.17) is 10.5 Å². The second kappa shape index (κ2) is 6.97. The number of hydrogen-bond donors (Lipinski definition) is 2. The quantitative estimate of drug-likeness (QED) is 0.570. The van der Waals surface area contributed by atoms with E-state index in [-0.39, 0.29) is 5.91 Å². The fourth-order valence-corrected chi connectivity index (χ4v) is 1.91. The summed E-state index contributed by atoms with van der Waals surface area (Å²) in [4.78, 5) is 11.4. The zero-order valence-electron chi connectivity index (χ0n) is 11.1. The number of primary amides is 1. The van der Waals surface area contributed by atoms with Gasteiger partial charge in [0.25, 0.3) is 0 Å². The molecular weight excluding hydrogens is 216 g/mol. The second-order valence-corrected chi connectivity index (χ2v) is 5.20. The first kappa shape index (κ1) is 14.5. The average molecular weight is 242 g/mol. The molecule has 0 aliphatic heterocycles. The molecule has 1 saturated carbocycles. The van der Waals surface area contributed by atoms with Crippen LogP contribution in [0, 0.1) is 5.92 Å². The van der Waals surface area contributed by atoms with Crippen molar-refractivity contribution < 1.29 is 9.53 Å². The Balaban J connectivity index is 2.06. The lowest BCUT2D eigenvalue weighted by Crippen LogP contribution is -2.52. The summed E-state index contributed by atoms with van der Waals surface area (Å²) in [5, 5.41) is 3.16. The van der Waals surface area contributed by atoms with Crippen LogP contribution in [0.2, 0.25) is 0 Å². The Morgan fingerprint density at radius 1 is 1.47 bits per heavy atom. The van der Waals surface area contributed by atoms with Crippen LogP contribution in [0.25, 0.3) is 0 Å². The van der Waals surface area contributed by atoms with Crippen LogP contribution in [0.4, 0.5) is 0 Å². The van der Waals surface area contributed by atoms with Crippen LogP contribution >= 0.6 is 0 Å². The van der Waals surface area contributed by atoms with Gasteiger partial charge in [0, 0.05) is 13.2 Å². The smallest absolute Gasteiger partial charge is 0.237 e. The normalized spacial score (nSPS) is 18.9. The molecule has 0 aromatic rings. The lowest BCUT2D eigenvalue weighted by atomic mass is 9.94. The van der Waals surface area contributed by atoms with Gasteiger partial charge in [-0.25, -0.2) is 0 Å². The van der Waals surface area contributed by atoms with Crippen molar-refractivity contribution in [1.29, 1.82) is 0 Å². The molecule has 100 valence electrons. The predicted octanol–water partition coefficient (Wildman–Crippen LogP) is 1.44. The maximum atomic E-state index is 11.4. The Labute approximate surface area is 104 Å². The molecule has 1 amide bonds. The number of unbranched alkanes of at least 4 members (excludes halogenated alkanes) is 1. The zero-order chi connectivity index (χ0) is 12.7. The molecule has 0 aromatic heterocycles. The van der Waals surface area contributed by atoms with E-state index in [0.29, 0.717) is 0 Å². The van der Waals surface area contributed by atoms with Crippen LogP contribution in [0.15, 0.2) is 0 Å². The summed E-state index contributed by atoms with van der Waals surface area (Å²) in [6.07, 6.45) is 5.42. The maximum Gasteiger partial charge on any atom is 0.237 e. The SMILES string of the molecule is CCNC(C)(CCCCOCC1CC1)C(N)=O. The number of nitrogens with two attached hydrogens (primary N) is 1. The molecular formula is C13H26N2O2. The molecule has 1 unspecified atom stereocenters. The summed E-state index contributed by atoms with van der Waals surface area (Å²) in [6, 6.07) is 0. The number of likely N-dealkylation sites (N-methyl/N-ethyl adjacent to an activating group) is 1. The van der Waals surface area contributed by atoms with Gasteiger partial charge in [-0.3, -0.25) is 4.79 Å². The first-order chi connectivity index (χ1) is 8.08. The zero-order valence-corrected chi connectivity index (χ0v) is 11.1. The molecule has 0 spiro atoms. The number of carbonyl (C=O) groups excluding carboxylic acids is 1. The second-order valence-electron chi connectivity index (χ2n) is 5.20. The monoisotopic (exact) mass is 242 g/mol. The van der Waals surface area contributed by atoms with Gasteiger partial charge in [0.1, 0.15) is 0 Å². The number of hydrogen-bond acceptors (Lipinski definition) is 3. The lowest BCUT2D eigenvalue weighted by molar-refractivity contribution is -0.124. The summed E-state index contributed by atoms with van der Waals surface area (Å²) in [6.45, 7) is 6.35. The summed E-state index contributed by atoms with van der Waals surface area (Å²) >= 11 is 0. The molecule has 0 bridgehead atoms. The summed E-state index contributed by atoms with van der Waals surface area (Å²) in [7, 11) is 0. The van der Waals surface area contributed by atoms with E-state index < -0.39 is 5.54 Å². The molecule has 1 atom stereocenters. The van der Waals surface area contributed by atoms with Gasteiger partial charge in [-0.2, -0.15) is 0 Å². The standard InChI is InChI=1S/C13H26N2O2/c1-3-15-13(2,12(14)16)8-4-5-9-17-10-11-6-7-11/h11,15H,3-10H2,1-2H3,(H2,14,16). The van der Waals surface area contributed by atoms with Crippen LogP contribution in [-0.2, 0) is 9.53 Å². The molecule has 1 rings (SSSR count). The van der Waals surface area contributed by atoms with E-state index in [1.807, 2.05) is 13.8 Å². The minimum Gasteiger partial charge on any atom is -0.381 e. The van der Waals surface area contributed by atoms with Crippen LogP contribution in [0.1, 0.15) is 46.0 Å². The molecule has 4 nitrogen and oxygen atoms in total. The fraction of sp³-hybridized carbons (Fsp3) is 0.923. The maximum absolute atomic E-state index is 11.4. The van der Waals surface area contributed by atoms with Crippen molar-refractivity contribution in [1.82, 2.24) is 5.32 Å². The van der Waals surface area contributed by atoms with Crippen molar-refractivity contribution in [3.8, 4) is 0 Å². The van der Waals surface area contributed by atoms with E-state index in [2.05, 4.69) is 5.32 Å². The van der Waals surface area contributed by atoms with Crippen LogP contribution in [0.3, 0.4) is 0 Å². The minimum absolute atomic E-state index is 0.266. The van der Waals surface area contributed by atoms with Crippen molar-refractivity contribution in [3.05, 3.63) is 0 Å². The number of ether oxygens (including phenoxy) is 1. The van der Waals surface area contributed by atoms with Gasteiger partial charge < -0.3 is 15.8 Å². The Morgan fingerprint density at radius 2 is 2.18 bits per heavy atom. The fourth-order valence-electron chi connectivity index (χ4n) is 1.91. The predicted molar refractivity (Wildman–Crippen MR) is 68.7 cm³/mol. The molecule has 0 radical (unpaired) electrons. The Hall–Kier alpha value is -0.610. The number of amides is 1. The minimum atomic E-state index is -0.564. The van der Waals surface area contributed by atoms with Crippen LogP contribution in [0.5, 0.6) is 0 Å². The van der Waals surface area contributed by atoms with Gasteiger partial charge in [0.05, 0.1) is 5.54 Å². The molecule has 0 heterocycles. The van der Waals surface area contributed by atoms with E-state index in [1.54, 1.807) is 0 Å². The molecule has 1 aliphatic carbocycles. The Morgan fingerprint density at radius 3 is 2.71 bits per heavy atom. The first-order valence-electron chi connectivity index (χ1n) is 6.71. The van der Waals surface area contributed by atoms with E-state index >= 15 is 0 Å². The van der Waals surface area contributed by atoms with E-state index in [1.165, 1.54) is 12.8 Å². The van der Waals surface area contributed by atoms with Crippen LogP contribution < -0.4 is 11.1 Å². The van der Waals surface area contributed by atoms with Gasteiger partial charge in [0.2, 0.25) is 5.91 Å². The number of nitrogens with one attached hydrogen (secondary N) is 1. The third-order valence-electron chi connectivity index (χ3n) is 3.38. The highest BCUT2D eigenvalue weighted by atomic mass is 16.5. The van der Waals surface area contributed by atoms with Crippen LogP contribution in [-0.4, -0.2) is 31.2 Å². The molecule has 4 heteroatoms. The van der Waals surface area contributed by atoms with Gasteiger partial charge >= 0.3 is 0 Å². The summed E-state index contributed by atoms with van der Waals surface area (Å²) < 4.78 is 5.56. The molecule has 3 N–H and O–H groups in total. The van der Waals surface area contributed by atoms with Crippen molar-refractivity contribution in [2.45, 2.75) is 51.5 Å². The van der Waals surface area contributed by atoms with Crippen molar-refractivity contribution >= 4 is 5.91 Å². The topological polar surface area (TPSA) is 64.3 Å². The third-order valence-corrected chi connectivity index (χ3v) is 3.38. The summed E-state index contributed by atoms with van der Waals surface area (Å²) in [5.41, 5.74) is 4.85. The Bertz CT molecular complexity index is 242. The van der Waals surface area contributed by atoms with E-state index in [9.17, 15) is 4.79 Å². The third kappa shape index (κ3) is 5.50. The van der Waals surface area contributed by atoms with Gasteiger partial charge in [0.15, 0.2) is 0 Å². The lowest BCUT2D eigenvalue weighted by Gasteiger charge is -2.26. The molecule has 0 saturated heterocycles. The summed E-state index contributed by atoms with van der Waals surface area (Å²) in [5.74, 6) is 0.561. The highest BCUT2D eigenvalue weighted by Gasteiger charge is 2.28. The van der Waals surface area contributed by atoms with E-state index in [0.717, 1.165) is 44.9 Å². The highest BCUT2D eigenvalue weighted by molar-refractivity contribution is 5.84. The van der Waals surface area contributed by atoms with Crippen molar-refractivity contribution in [3.63, 3.8) is 0 Å². The van der Waals surface area contributed by atoms with Gasteiger partial charge in [-0.1, -0.05) is 6.92 Å². The molecule has 0 aromatic carbocycles.